The van der Waals surface area contributed by atoms with E-state index < -0.39 is 29.6 Å². The summed E-state index contributed by atoms with van der Waals surface area (Å²) >= 11 is 1.24. The molecule has 1 aromatic carbocycles. The third-order valence-corrected chi connectivity index (χ3v) is 7.11. The van der Waals surface area contributed by atoms with Crippen LogP contribution in [0, 0.1) is 5.82 Å². The van der Waals surface area contributed by atoms with Crippen LogP contribution in [0.3, 0.4) is 0 Å². The van der Waals surface area contributed by atoms with E-state index in [1.807, 2.05) is 0 Å². The van der Waals surface area contributed by atoms with Crippen molar-refractivity contribution in [3.8, 4) is 0 Å². The van der Waals surface area contributed by atoms with Crippen molar-refractivity contribution in [1.82, 2.24) is 24.7 Å². The summed E-state index contributed by atoms with van der Waals surface area (Å²) in [4.78, 5) is 27.6. The third kappa shape index (κ3) is 3.68. The molecular formula is C24H17F4N7OS. The van der Waals surface area contributed by atoms with E-state index in [-0.39, 0.29) is 34.8 Å². The molecular weight excluding hydrogens is 510 g/mol. The molecule has 0 radical (unpaired) electrons. The first-order valence-electron chi connectivity index (χ1n) is 11.1. The number of alkyl halides is 3. The number of aryl methyl sites for hydroxylation is 2. The summed E-state index contributed by atoms with van der Waals surface area (Å²) < 4.78 is 56.6. The van der Waals surface area contributed by atoms with Crippen LogP contribution in [0.15, 0.2) is 41.4 Å². The fourth-order valence-corrected chi connectivity index (χ4v) is 5.40. The van der Waals surface area contributed by atoms with Crippen LogP contribution in [0.5, 0.6) is 0 Å². The highest BCUT2D eigenvalue weighted by Gasteiger charge is 2.38. The second-order valence-electron chi connectivity index (χ2n) is 8.68. The van der Waals surface area contributed by atoms with E-state index in [9.17, 15) is 18.0 Å². The number of rotatable bonds is 3. The molecule has 0 bridgehead atoms. The fourth-order valence-electron chi connectivity index (χ4n) is 4.87. The smallest absolute Gasteiger partial charge is 0.383 e. The fraction of sp³-hybridized carbons (Fsp3) is 0.208. The molecule has 0 saturated carbocycles. The van der Waals surface area contributed by atoms with Crippen LogP contribution in [0.25, 0.3) is 21.8 Å². The number of aromatic nitrogens is 5. The number of fused-ring (bicyclic) bond motifs is 4. The highest BCUT2D eigenvalue weighted by molar-refractivity contribution is 7.07. The first kappa shape index (κ1) is 23.3. The van der Waals surface area contributed by atoms with E-state index in [0.29, 0.717) is 28.3 Å². The van der Waals surface area contributed by atoms with Crippen LogP contribution >= 0.6 is 11.3 Å². The molecule has 2 N–H and O–H groups in total. The van der Waals surface area contributed by atoms with E-state index in [2.05, 4.69) is 20.1 Å². The Bertz CT molecular complexity index is 1700. The number of nitrogens with two attached hydrogens (primary N) is 1. The van der Waals surface area contributed by atoms with Gasteiger partial charge in [-0.1, -0.05) is 6.07 Å². The lowest BCUT2D eigenvalue weighted by Crippen LogP contribution is -2.35. The van der Waals surface area contributed by atoms with Gasteiger partial charge in [0.1, 0.15) is 23.1 Å². The van der Waals surface area contributed by atoms with Crippen molar-refractivity contribution in [3.05, 3.63) is 69.7 Å². The molecule has 1 aliphatic rings. The van der Waals surface area contributed by atoms with Crippen LogP contribution in [0.4, 0.5) is 29.2 Å². The number of carbonyl (C=O) groups is 1. The SMILES string of the molecule is Cn1ncc2c(N)nc3cc(F)c(C(=O)N(c4cscn4)C4CCc5nc(C(F)(F)F)ccc54)cc3c21. The summed E-state index contributed by atoms with van der Waals surface area (Å²) in [6, 6.07) is 4.11. The van der Waals surface area contributed by atoms with Crippen molar-refractivity contribution >= 4 is 50.7 Å². The summed E-state index contributed by atoms with van der Waals surface area (Å²) in [5.74, 6) is -1.04. The number of carbonyl (C=O) groups excluding carboxylic acids is 1. The molecule has 37 heavy (non-hydrogen) atoms. The Balaban J connectivity index is 1.49. The molecule has 1 amide bonds. The topological polar surface area (TPSA) is 103 Å². The zero-order chi connectivity index (χ0) is 26.1. The lowest BCUT2D eigenvalue weighted by Gasteiger charge is -2.28. The monoisotopic (exact) mass is 527 g/mol. The minimum Gasteiger partial charge on any atom is -0.383 e. The van der Waals surface area contributed by atoms with Gasteiger partial charge in [0.05, 0.1) is 39.7 Å². The maximum Gasteiger partial charge on any atom is 0.433 e. The molecule has 0 fully saturated rings. The molecule has 1 unspecified atom stereocenters. The molecule has 0 aliphatic heterocycles. The van der Waals surface area contributed by atoms with Gasteiger partial charge >= 0.3 is 6.18 Å². The highest BCUT2D eigenvalue weighted by atomic mass is 32.1. The average molecular weight is 528 g/mol. The largest absolute Gasteiger partial charge is 0.433 e. The summed E-state index contributed by atoms with van der Waals surface area (Å²) in [5.41, 5.74) is 7.89. The van der Waals surface area contributed by atoms with Gasteiger partial charge in [0, 0.05) is 29.6 Å². The number of halogens is 4. The van der Waals surface area contributed by atoms with Crippen molar-refractivity contribution < 1.29 is 22.4 Å². The minimum absolute atomic E-state index is 0.187. The van der Waals surface area contributed by atoms with Crippen LogP contribution in [-0.2, 0) is 19.6 Å². The molecule has 0 saturated heterocycles. The maximum absolute atomic E-state index is 15.4. The van der Waals surface area contributed by atoms with E-state index in [1.54, 1.807) is 23.3 Å². The molecule has 1 aliphatic carbocycles. The Kier molecular flexibility index (Phi) is 5.16. The molecule has 5 aromatic rings. The highest BCUT2D eigenvalue weighted by Crippen LogP contribution is 2.41. The van der Waals surface area contributed by atoms with Gasteiger partial charge in [-0.05, 0) is 30.5 Å². The number of hydrogen-bond acceptors (Lipinski definition) is 7. The maximum atomic E-state index is 15.4. The van der Waals surface area contributed by atoms with Crippen LogP contribution in [0.2, 0.25) is 0 Å². The van der Waals surface area contributed by atoms with Crippen molar-refractivity contribution in [2.24, 2.45) is 7.05 Å². The van der Waals surface area contributed by atoms with Gasteiger partial charge in [-0.3, -0.25) is 14.4 Å². The lowest BCUT2D eigenvalue weighted by atomic mass is 10.0. The Morgan fingerprint density at radius 3 is 2.76 bits per heavy atom. The summed E-state index contributed by atoms with van der Waals surface area (Å²) in [6.07, 6.45) is -2.50. The quantitative estimate of drug-likeness (QED) is 0.330. The van der Waals surface area contributed by atoms with Gasteiger partial charge in [-0.2, -0.15) is 18.3 Å². The molecule has 6 rings (SSSR count). The number of anilines is 2. The predicted molar refractivity (Wildman–Crippen MR) is 130 cm³/mol. The number of nitrogen functional groups attached to an aromatic ring is 1. The average Bonchev–Trinajstić information content (AvgIpc) is 3.60. The van der Waals surface area contributed by atoms with Gasteiger partial charge in [-0.25, -0.2) is 19.3 Å². The Morgan fingerprint density at radius 1 is 1.22 bits per heavy atom. The molecule has 8 nitrogen and oxygen atoms in total. The molecule has 4 heterocycles. The summed E-state index contributed by atoms with van der Waals surface area (Å²) in [7, 11) is 1.70. The van der Waals surface area contributed by atoms with Gasteiger partial charge in [0.25, 0.3) is 5.91 Å². The van der Waals surface area contributed by atoms with E-state index in [0.717, 1.165) is 12.1 Å². The molecule has 13 heteroatoms. The second kappa shape index (κ2) is 8.20. The van der Waals surface area contributed by atoms with Crippen LogP contribution < -0.4 is 10.6 Å². The van der Waals surface area contributed by atoms with Gasteiger partial charge in [0.2, 0.25) is 0 Å². The van der Waals surface area contributed by atoms with Gasteiger partial charge in [-0.15, -0.1) is 11.3 Å². The normalized spacial score (nSPS) is 15.4. The lowest BCUT2D eigenvalue weighted by molar-refractivity contribution is -0.141. The first-order chi connectivity index (χ1) is 17.6. The molecule has 4 aromatic heterocycles. The van der Waals surface area contributed by atoms with E-state index in [1.165, 1.54) is 33.9 Å². The number of amides is 1. The van der Waals surface area contributed by atoms with Gasteiger partial charge in [0.15, 0.2) is 0 Å². The standard InChI is InChI=1S/C24H17F4N7OS/c1-34-21-13-6-12(15(25)7-17(13)33-22(29)14(21)8-31-34)23(36)35(20-9-37-10-30-20)18-4-3-16-11(18)2-5-19(32-16)24(26,27)28/h2,5-10,18H,3-4H2,1H3,(H2,29,33). The zero-order valence-corrected chi connectivity index (χ0v) is 19.9. The molecule has 0 spiro atoms. The Hall–Kier alpha value is -4.13. The second-order valence-corrected chi connectivity index (χ2v) is 9.40. The third-order valence-electron chi connectivity index (χ3n) is 6.54. The summed E-state index contributed by atoms with van der Waals surface area (Å²) in [5, 5.41) is 6.88. The van der Waals surface area contributed by atoms with Crippen molar-refractivity contribution in [1.29, 1.82) is 0 Å². The number of pyridine rings is 2. The van der Waals surface area contributed by atoms with E-state index in [4.69, 9.17) is 5.73 Å². The summed E-state index contributed by atoms with van der Waals surface area (Å²) in [6.45, 7) is 0. The Morgan fingerprint density at radius 2 is 2.03 bits per heavy atom. The van der Waals surface area contributed by atoms with Gasteiger partial charge < -0.3 is 5.73 Å². The number of nitrogens with zero attached hydrogens (tertiary/aromatic N) is 6. The zero-order valence-electron chi connectivity index (χ0n) is 19.1. The van der Waals surface area contributed by atoms with Crippen molar-refractivity contribution in [2.45, 2.75) is 25.1 Å². The predicted octanol–water partition coefficient (Wildman–Crippen LogP) is 5.05. The molecule has 188 valence electrons. The number of hydrogen-bond donors (Lipinski definition) is 1. The minimum atomic E-state index is -4.58. The molecule has 1 atom stereocenters. The number of benzene rings is 1. The van der Waals surface area contributed by atoms with Crippen molar-refractivity contribution in [2.75, 3.05) is 10.6 Å². The van der Waals surface area contributed by atoms with Crippen molar-refractivity contribution in [3.63, 3.8) is 0 Å². The van der Waals surface area contributed by atoms with Crippen LogP contribution in [0.1, 0.15) is 39.8 Å². The van der Waals surface area contributed by atoms with Crippen LogP contribution in [-0.4, -0.2) is 30.6 Å². The number of thiazole rings is 1. The van der Waals surface area contributed by atoms with E-state index >= 15 is 4.39 Å². The Labute approximate surface area is 210 Å². The first-order valence-corrected chi connectivity index (χ1v) is 12.1.